The molecule has 2 heteroatoms. The van der Waals surface area contributed by atoms with Gasteiger partial charge >= 0.3 is 0 Å². The second-order valence-corrected chi connectivity index (χ2v) is 3.38. The van der Waals surface area contributed by atoms with Crippen LogP contribution in [0.25, 0.3) is 0 Å². The Hall–Kier alpha value is -0.370. The summed E-state index contributed by atoms with van der Waals surface area (Å²) in [5.41, 5.74) is 5.69. The standard InChI is InChI=1S/C9H19NO/c1-5-6(2)7(3)9(10)8(4)11/h6-7,9H,5,10H2,1-4H3. The van der Waals surface area contributed by atoms with Crippen molar-refractivity contribution in [3.63, 3.8) is 0 Å². The topological polar surface area (TPSA) is 43.1 Å². The first-order valence-electron chi connectivity index (χ1n) is 4.26. The monoisotopic (exact) mass is 157 g/mol. The fraction of sp³-hybridized carbons (Fsp3) is 0.889. The van der Waals surface area contributed by atoms with Gasteiger partial charge in [0.15, 0.2) is 0 Å². The van der Waals surface area contributed by atoms with E-state index in [4.69, 9.17) is 5.73 Å². The van der Waals surface area contributed by atoms with E-state index >= 15 is 0 Å². The van der Waals surface area contributed by atoms with E-state index in [2.05, 4.69) is 13.8 Å². The predicted octanol–water partition coefficient (Wildman–Crippen LogP) is 1.58. The van der Waals surface area contributed by atoms with Crippen LogP contribution in [-0.2, 0) is 4.79 Å². The van der Waals surface area contributed by atoms with Gasteiger partial charge in [-0.25, -0.2) is 0 Å². The Balaban J connectivity index is 4.00. The van der Waals surface area contributed by atoms with Gasteiger partial charge in [-0.3, -0.25) is 4.79 Å². The molecular formula is C9H19NO. The normalized spacial score (nSPS) is 19.0. The van der Waals surface area contributed by atoms with Crippen LogP contribution in [0.4, 0.5) is 0 Å². The van der Waals surface area contributed by atoms with Crippen LogP contribution in [0.2, 0.25) is 0 Å². The SMILES string of the molecule is CCC(C)C(C)C(N)C(C)=O. The molecule has 0 fully saturated rings. The fourth-order valence-electron chi connectivity index (χ4n) is 1.10. The molecule has 0 aliphatic heterocycles. The second-order valence-electron chi connectivity index (χ2n) is 3.38. The van der Waals surface area contributed by atoms with Crippen molar-refractivity contribution in [2.24, 2.45) is 17.6 Å². The number of ketones is 1. The van der Waals surface area contributed by atoms with Gasteiger partial charge in [0.05, 0.1) is 6.04 Å². The molecule has 2 N–H and O–H groups in total. The maximum absolute atomic E-state index is 10.9. The summed E-state index contributed by atoms with van der Waals surface area (Å²) >= 11 is 0. The highest BCUT2D eigenvalue weighted by Crippen LogP contribution is 2.17. The van der Waals surface area contributed by atoms with E-state index in [1.807, 2.05) is 6.92 Å². The van der Waals surface area contributed by atoms with E-state index in [9.17, 15) is 4.79 Å². The fourth-order valence-corrected chi connectivity index (χ4v) is 1.10. The molecule has 0 amide bonds. The number of nitrogens with two attached hydrogens (primary N) is 1. The first-order chi connectivity index (χ1) is 5.00. The number of hydrogen-bond donors (Lipinski definition) is 1. The molecule has 3 unspecified atom stereocenters. The number of hydrogen-bond acceptors (Lipinski definition) is 2. The molecule has 0 spiro atoms. The van der Waals surface area contributed by atoms with Crippen LogP contribution in [0.15, 0.2) is 0 Å². The maximum Gasteiger partial charge on any atom is 0.146 e. The zero-order valence-corrected chi connectivity index (χ0v) is 7.92. The summed E-state index contributed by atoms with van der Waals surface area (Å²) in [6, 6.07) is -0.273. The molecule has 2 nitrogen and oxygen atoms in total. The van der Waals surface area contributed by atoms with Gasteiger partial charge in [0, 0.05) is 0 Å². The third-order valence-corrected chi connectivity index (χ3v) is 2.58. The van der Waals surface area contributed by atoms with Crippen molar-refractivity contribution in [2.75, 3.05) is 0 Å². The molecule has 0 aliphatic carbocycles. The summed E-state index contributed by atoms with van der Waals surface area (Å²) in [5.74, 6) is 0.934. The number of carbonyl (C=O) groups excluding carboxylic acids is 1. The van der Waals surface area contributed by atoms with Crippen LogP contribution in [0.5, 0.6) is 0 Å². The second kappa shape index (κ2) is 4.50. The van der Waals surface area contributed by atoms with Gasteiger partial charge in [-0.15, -0.1) is 0 Å². The van der Waals surface area contributed by atoms with E-state index in [0.717, 1.165) is 6.42 Å². The van der Waals surface area contributed by atoms with Crippen LogP contribution in [0, 0.1) is 11.8 Å². The Morgan fingerprint density at radius 1 is 1.45 bits per heavy atom. The molecule has 0 aliphatic rings. The van der Waals surface area contributed by atoms with Crippen molar-refractivity contribution in [3.05, 3.63) is 0 Å². The number of carbonyl (C=O) groups is 1. The largest absolute Gasteiger partial charge is 0.321 e. The minimum Gasteiger partial charge on any atom is -0.321 e. The van der Waals surface area contributed by atoms with Gasteiger partial charge in [-0.1, -0.05) is 27.2 Å². The zero-order valence-electron chi connectivity index (χ0n) is 7.92. The van der Waals surface area contributed by atoms with Crippen LogP contribution in [-0.4, -0.2) is 11.8 Å². The van der Waals surface area contributed by atoms with E-state index in [0.29, 0.717) is 11.8 Å². The third kappa shape index (κ3) is 3.02. The highest BCUT2D eigenvalue weighted by atomic mass is 16.1. The van der Waals surface area contributed by atoms with E-state index in [1.165, 1.54) is 0 Å². The summed E-state index contributed by atoms with van der Waals surface area (Å²) < 4.78 is 0. The van der Waals surface area contributed by atoms with E-state index < -0.39 is 0 Å². The van der Waals surface area contributed by atoms with E-state index in [-0.39, 0.29) is 11.8 Å². The molecule has 0 aromatic carbocycles. The minimum absolute atomic E-state index is 0.0952. The Kier molecular flexibility index (Phi) is 4.34. The maximum atomic E-state index is 10.9. The average Bonchev–Trinajstić information content (AvgIpc) is 2.00. The summed E-state index contributed by atoms with van der Waals surface area (Å²) in [4.78, 5) is 10.9. The lowest BCUT2D eigenvalue weighted by atomic mass is 9.86. The van der Waals surface area contributed by atoms with Crippen molar-refractivity contribution < 1.29 is 4.79 Å². The molecule has 0 saturated carbocycles. The summed E-state index contributed by atoms with van der Waals surface area (Å²) in [5, 5.41) is 0. The van der Waals surface area contributed by atoms with Crippen molar-refractivity contribution in [1.82, 2.24) is 0 Å². The Morgan fingerprint density at radius 2 is 1.91 bits per heavy atom. The summed E-state index contributed by atoms with van der Waals surface area (Å²) in [6.45, 7) is 7.85. The Morgan fingerprint density at radius 3 is 2.18 bits per heavy atom. The quantitative estimate of drug-likeness (QED) is 0.673. The minimum atomic E-state index is -0.273. The molecular weight excluding hydrogens is 138 g/mol. The smallest absolute Gasteiger partial charge is 0.146 e. The number of rotatable bonds is 4. The van der Waals surface area contributed by atoms with Crippen LogP contribution in [0.3, 0.4) is 0 Å². The van der Waals surface area contributed by atoms with Crippen molar-refractivity contribution in [3.8, 4) is 0 Å². The van der Waals surface area contributed by atoms with Crippen molar-refractivity contribution in [1.29, 1.82) is 0 Å². The molecule has 66 valence electrons. The first-order valence-corrected chi connectivity index (χ1v) is 4.26. The molecule has 0 heterocycles. The molecule has 3 atom stereocenters. The predicted molar refractivity (Wildman–Crippen MR) is 47.3 cm³/mol. The van der Waals surface area contributed by atoms with Gasteiger partial charge in [0.1, 0.15) is 5.78 Å². The van der Waals surface area contributed by atoms with Crippen LogP contribution in [0.1, 0.15) is 34.1 Å². The molecule has 0 rings (SSSR count). The first kappa shape index (κ1) is 10.6. The zero-order chi connectivity index (χ0) is 9.02. The Labute approximate surface area is 69.2 Å². The highest BCUT2D eigenvalue weighted by Gasteiger charge is 2.21. The molecule has 11 heavy (non-hydrogen) atoms. The third-order valence-electron chi connectivity index (χ3n) is 2.58. The average molecular weight is 157 g/mol. The molecule has 0 aromatic heterocycles. The lowest BCUT2D eigenvalue weighted by Crippen LogP contribution is -2.38. The summed E-state index contributed by atoms with van der Waals surface area (Å²) in [7, 11) is 0. The molecule has 0 aromatic rings. The Bertz CT molecular complexity index is 134. The molecule has 0 saturated heterocycles. The van der Waals surface area contributed by atoms with Crippen molar-refractivity contribution in [2.45, 2.75) is 40.2 Å². The van der Waals surface area contributed by atoms with Gasteiger partial charge in [0.2, 0.25) is 0 Å². The summed E-state index contributed by atoms with van der Waals surface area (Å²) in [6.07, 6.45) is 1.09. The highest BCUT2D eigenvalue weighted by molar-refractivity contribution is 5.81. The number of Topliss-reactive ketones (excluding diaryl/α,β-unsaturated/α-hetero) is 1. The van der Waals surface area contributed by atoms with Crippen molar-refractivity contribution >= 4 is 5.78 Å². The molecule has 0 bridgehead atoms. The molecule has 0 radical (unpaired) electrons. The van der Waals surface area contributed by atoms with Crippen LogP contribution < -0.4 is 5.73 Å². The van der Waals surface area contributed by atoms with E-state index in [1.54, 1.807) is 6.92 Å². The van der Waals surface area contributed by atoms with Gasteiger partial charge in [-0.05, 0) is 18.8 Å². The lowest BCUT2D eigenvalue weighted by molar-refractivity contribution is -0.119. The van der Waals surface area contributed by atoms with Gasteiger partial charge in [0.25, 0.3) is 0 Å². The van der Waals surface area contributed by atoms with Crippen LogP contribution >= 0.6 is 0 Å². The van der Waals surface area contributed by atoms with Gasteiger partial charge in [-0.2, -0.15) is 0 Å². The lowest BCUT2D eigenvalue weighted by Gasteiger charge is -2.22. The van der Waals surface area contributed by atoms with Gasteiger partial charge < -0.3 is 5.73 Å².